The van der Waals surface area contributed by atoms with Crippen molar-refractivity contribution in [3.05, 3.63) is 131 Å². The normalized spacial score (nSPS) is 12.2. The molecule has 35 heavy (non-hydrogen) atoms. The van der Waals surface area contributed by atoms with Gasteiger partial charge in [-0.25, -0.2) is 0 Å². The van der Waals surface area contributed by atoms with Gasteiger partial charge >= 0.3 is 196 Å². The Morgan fingerprint density at radius 2 is 1.00 bits per heavy atom. The van der Waals surface area contributed by atoms with Crippen molar-refractivity contribution in [2.45, 2.75) is 34.6 Å². The summed E-state index contributed by atoms with van der Waals surface area (Å²) in [6, 6.07) is 39.5. The summed E-state index contributed by atoms with van der Waals surface area (Å²) in [5, 5.41) is 0. The molecular formula is C33H36OSn. The average molecular weight is 567 g/mol. The van der Waals surface area contributed by atoms with E-state index in [0.717, 1.165) is 25.2 Å². The fourth-order valence-electron chi connectivity index (χ4n) is 4.31. The third-order valence-electron chi connectivity index (χ3n) is 6.32. The molecule has 0 aliphatic carbocycles. The summed E-state index contributed by atoms with van der Waals surface area (Å²) >= 11 is -2.14. The van der Waals surface area contributed by atoms with E-state index in [2.05, 4.69) is 131 Å². The molecule has 0 aliphatic heterocycles. The summed E-state index contributed by atoms with van der Waals surface area (Å²) in [4.78, 5) is 7.41. The van der Waals surface area contributed by atoms with Crippen LogP contribution in [0, 0.1) is 0 Å². The molecule has 0 unspecified atom stereocenters. The molecule has 0 saturated heterocycles. The standard InChI is InChI=1S/C30H27O.3CH3.Sn/c1-2-3-23-31-28-21-19-27(20-22-28)30(26-17-11-6-12-18-26)29(24-13-7-4-8-14-24)25-15-9-5-10-16-25;;;;/h4,6-22H,2-3,23H2,1H3;3*1H3;/b30-29-;;;;. The van der Waals surface area contributed by atoms with Crippen LogP contribution < -0.4 is 8.32 Å². The van der Waals surface area contributed by atoms with E-state index in [-0.39, 0.29) is 0 Å². The molecular weight excluding hydrogens is 531 g/mol. The molecule has 4 aromatic carbocycles. The van der Waals surface area contributed by atoms with Crippen molar-refractivity contribution in [2.24, 2.45) is 0 Å². The first-order chi connectivity index (χ1) is 17.0. The van der Waals surface area contributed by atoms with Gasteiger partial charge in [-0.3, -0.25) is 0 Å². The van der Waals surface area contributed by atoms with Crippen LogP contribution in [0.2, 0.25) is 14.8 Å². The first-order valence-corrected chi connectivity index (χ1v) is 22.7. The van der Waals surface area contributed by atoms with Gasteiger partial charge in [-0.1, -0.05) is 13.3 Å². The zero-order valence-electron chi connectivity index (χ0n) is 21.4. The van der Waals surface area contributed by atoms with Gasteiger partial charge in [0.1, 0.15) is 0 Å². The van der Waals surface area contributed by atoms with E-state index >= 15 is 0 Å². The van der Waals surface area contributed by atoms with Gasteiger partial charge in [-0.05, 0) is 6.42 Å². The van der Waals surface area contributed by atoms with Gasteiger partial charge in [-0.2, -0.15) is 0 Å². The van der Waals surface area contributed by atoms with Crippen molar-refractivity contribution in [3.63, 3.8) is 0 Å². The number of hydrogen-bond acceptors (Lipinski definition) is 1. The summed E-state index contributed by atoms with van der Waals surface area (Å²) in [5.41, 5.74) is 7.37. The Morgan fingerprint density at radius 3 is 1.43 bits per heavy atom. The van der Waals surface area contributed by atoms with Gasteiger partial charge in [0.15, 0.2) is 0 Å². The second-order valence-corrected chi connectivity index (χ2v) is 24.5. The Hall–Kier alpha value is -2.78. The molecule has 4 rings (SSSR count). The van der Waals surface area contributed by atoms with Gasteiger partial charge < -0.3 is 0 Å². The Balaban J connectivity index is 1.91. The van der Waals surface area contributed by atoms with Crippen LogP contribution in [-0.4, -0.2) is 25.0 Å². The predicted molar refractivity (Wildman–Crippen MR) is 154 cm³/mol. The molecule has 2 heteroatoms. The zero-order chi connectivity index (χ0) is 24.7. The van der Waals surface area contributed by atoms with Crippen LogP contribution in [0.15, 0.2) is 109 Å². The Kier molecular flexibility index (Phi) is 8.51. The van der Waals surface area contributed by atoms with Gasteiger partial charge in [0, 0.05) is 0 Å². The molecule has 1 nitrogen and oxygen atoms in total. The Labute approximate surface area is 215 Å². The van der Waals surface area contributed by atoms with Crippen molar-refractivity contribution in [1.82, 2.24) is 0 Å². The third-order valence-corrected chi connectivity index (χ3v) is 12.2. The van der Waals surface area contributed by atoms with Crippen LogP contribution in [-0.2, 0) is 0 Å². The summed E-state index contributed by atoms with van der Waals surface area (Å²) in [7, 11) is 0. The SMILES string of the molecule is CCCCOc1ccc(/C(=C(/c2ccccc2)c2cc[c]([Sn]([CH3])([CH3])[CH3])cc2)c2ccccc2)cc1. The Bertz CT molecular complexity index is 1230. The van der Waals surface area contributed by atoms with E-state index in [4.69, 9.17) is 4.74 Å². The van der Waals surface area contributed by atoms with Crippen LogP contribution in [0.4, 0.5) is 0 Å². The van der Waals surface area contributed by atoms with Crippen LogP contribution in [0.5, 0.6) is 5.75 Å². The molecule has 0 atom stereocenters. The maximum atomic E-state index is 5.95. The first kappa shape index (κ1) is 25.3. The second kappa shape index (κ2) is 11.8. The minimum absolute atomic E-state index is 0.762. The van der Waals surface area contributed by atoms with E-state index in [1.165, 1.54) is 33.4 Å². The fraction of sp³-hybridized carbons (Fsp3) is 0.212. The molecule has 0 heterocycles. The van der Waals surface area contributed by atoms with Gasteiger partial charge in [0.05, 0.1) is 0 Å². The van der Waals surface area contributed by atoms with Crippen molar-refractivity contribution >= 4 is 33.1 Å². The quantitative estimate of drug-likeness (QED) is 0.112. The van der Waals surface area contributed by atoms with Crippen LogP contribution in [0.1, 0.15) is 42.0 Å². The molecule has 0 radical (unpaired) electrons. The van der Waals surface area contributed by atoms with E-state index in [9.17, 15) is 0 Å². The van der Waals surface area contributed by atoms with Crippen LogP contribution >= 0.6 is 0 Å². The molecule has 0 aliphatic rings. The minimum atomic E-state index is -2.14. The number of ether oxygens (including phenoxy) is 1. The predicted octanol–water partition coefficient (Wildman–Crippen LogP) is 8.42. The Morgan fingerprint density at radius 1 is 0.571 bits per heavy atom. The fourth-order valence-corrected chi connectivity index (χ4v) is 7.64. The second-order valence-electron chi connectivity index (χ2n) is 10.0. The maximum absolute atomic E-state index is 5.95. The van der Waals surface area contributed by atoms with Crippen LogP contribution in [0.3, 0.4) is 0 Å². The molecule has 0 bridgehead atoms. The monoisotopic (exact) mass is 568 g/mol. The molecule has 0 N–H and O–H groups in total. The third kappa shape index (κ3) is 6.46. The topological polar surface area (TPSA) is 9.23 Å². The molecule has 0 spiro atoms. The van der Waals surface area contributed by atoms with E-state index in [1.54, 1.807) is 3.58 Å². The molecule has 0 aromatic heterocycles. The molecule has 0 saturated carbocycles. The summed E-state index contributed by atoms with van der Waals surface area (Å²) < 4.78 is 7.50. The molecule has 0 amide bonds. The van der Waals surface area contributed by atoms with E-state index < -0.39 is 18.4 Å². The van der Waals surface area contributed by atoms with Crippen molar-refractivity contribution in [3.8, 4) is 5.75 Å². The summed E-state index contributed by atoms with van der Waals surface area (Å²) in [6.45, 7) is 2.95. The molecule has 0 fully saturated rings. The first-order valence-electron chi connectivity index (χ1n) is 12.7. The number of hydrogen-bond donors (Lipinski definition) is 0. The van der Waals surface area contributed by atoms with Gasteiger partial charge in [0.2, 0.25) is 0 Å². The average Bonchev–Trinajstić information content (AvgIpc) is 2.88. The zero-order valence-corrected chi connectivity index (χ0v) is 24.3. The number of rotatable bonds is 9. The van der Waals surface area contributed by atoms with Gasteiger partial charge in [0.25, 0.3) is 0 Å². The van der Waals surface area contributed by atoms with E-state index in [1.807, 2.05) is 0 Å². The summed E-state index contributed by atoms with van der Waals surface area (Å²) in [5.74, 6) is 0.929. The van der Waals surface area contributed by atoms with Crippen molar-refractivity contribution in [2.75, 3.05) is 6.61 Å². The van der Waals surface area contributed by atoms with Crippen molar-refractivity contribution in [1.29, 1.82) is 0 Å². The number of unbranched alkanes of at least 4 members (excludes halogenated alkanes) is 1. The molecule has 4 aromatic rings. The summed E-state index contributed by atoms with van der Waals surface area (Å²) in [6.07, 6.45) is 2.21. The van der Waals surface area contributed by atoms with Crippen molar-refractivity contribution < 1.29 is 4.74 Å². The van der Waals surface area contributed by atoms with E-state index in [0.29, 0.717) is 0 Å². The van der Waals surface area contributed by atoms with Gasteiger partial charge in [-0.15, -0.1) is 0 Å². The van der Waals surface area contributed by atoms with Crippen LogP contribution in [0.25, 0.3) is 11.1 Å². The number of benzene rings is 4. The molecule has 178 valence electrons.